The summed E-state index contributed by atoms with van der Waals surface area (Å²) < 4.78 is 5.04. The molecule has 1 aromatic rings. The van der Waals surface area contributed by atoms with E-state index >= 15 is 0 Å². The first-order chi connectivity index (χ1) is 12.6. The molecular weight excluding hydrogens is 332 g/mol. The zero-order valence-electron chi connectivity index (χ0n) is 15.4. The average Bonchev–Trinajstić information content (AvgIpc) is 3.04. The van der Waals surface area contributed by atoms with Gasteiger partial charge in [-0.3, -0.25) is 15.1 Å². The number of aliphatic imine (C=N–C) groups is 2. The van der Waals surface area contributed by atoms with Crippen molar-refractivity contribution in [3.63, 3.8) is 0 Å². The molecule has 0 aromatic heterocycles. The van der Waals surface area contributed by atoms with Crippen molar-refractivity contribution in [2.45, 2.75) is 39.2 Å². The van der Waals surface area contributed by atoms with Gasteiger partial charge in [0.2, 0.25) is 5.96 Å². The lowest BCUT2D eigenvalue weighted by Gasteiger charge is -2.23. The van der Waals surface area contributed by atoms with Crippen LogP contribution in [0.25, 0.3) is 0 Å². The number of carbonyl (C=O) groups is 1. The minimum Gasteiger partial charge on any atom is -0.385 e. The van der Waals surface area contributed by atoms with Crippen LogP contribution in [0.5, 0.6) is 0 Å². The fourth-order valence-electron chi connectivity index (χ4n) is 2.97. The highest BCUT2D eigenvalue weighted by Gasteiger charge is 2.39. The number of amides is 1. The third-order valence-corrected chi connectivity index (χ3v) is 4.44. The predicted molar refractivity (Wildman–Crippen MR) is 99.7 cm³/mol. The van der Waals surface area contributed by atoms with Gasteiger partial charge in [-0.2, -0.15) is 4.99 Å². The zero-order chi connectivity index (χ0) is 18.5. The maximum atomic E-state index is 12.5. The fraction of sp³-hybridized carbons (Fsp3) is 0.500. The molecule has 2 heterocycles. The van der Waals surface area contributed by atoms with Crippen LogP contribution in [-0.2, 0) is 16.0 Å². The Morgan fingerprint density at radius 2 is 2.19 bits per heavy atom. The SMILES string of the molecule is CCc1cc(N=C2N=C3N=NN(CCCCOC)C3C(=O)N2)ccc1C. The highest BCUT2D eigenvalue weighted by molar-refractivity contribution is 6.20. The zero-order valence-corrected chi connectivity index (χ0v) is 15.4. The van der Waals surface area contributed by atoms with Gasteiger partial charge in [-0.15, -0.1) is 5.11 Å². The molecule has 1 N–H and O–H groups in total. The van der Waals surface area contributed by atoms with Crippen LogP contribution in [0.1, 0.15) is 30.9 Å². The Balaban J connectivity index is 1.73. The average molecular weight is 356 g/mol. The summed E-state index contributed by atoms with van der Waals surface area (Å²) in [4.78, 5) is 21.3. The van der Waals surface area contributed by atoms with Gasteiger partial charge in [0, 0.05) is 20.3 Å². The van der Waals surface area contributed by atoms with Gasteiger partial charge in [-0.25, -0.2) is 4.99 Å². The van der Waals surface area contributed by atoms with Crippen LogP contribution in [0.2, 0.25) is 0 Å². The number of benzene rings is 1. The topological polar surface area (TPSA) is 91.0 Å². The van der Waals surface area contributed by atoms with Crippen LogP contribution in [0.15, 0.2) is 38.5 Å². The number of carbonyl (C=O) groups excluding carboxylic acids is 1. The molecule has 1 aromatic carbocycles. The monoisotopic (exact) mass is 356 g/mol. The van der Waals surface area contributed by atoms with Crippen LogP contribution in [-0.4, -0.2) is 49.0 Å². The third-order valence-electron chi connectivity index (χ3n) is 4.44. The molecule has 2 aliphatic heterocycles. The molecule has 0 radical (unpaired) electrons. The molecule has 1 unspecified atom stereocenters. The largest absolute Gasteiger partial charge is 0.385 e. The smallest absolute Gasteiger partial charge is 0.259 e. The molecule has 3 rings (SSSR count). The van der Waals surface area contributed by atoms with E-state index in [-0.39, 0.29) is 11.9 Å². The van der Waals surface area contributed by atoms with Gasteiger partial charge in [-0.1, -0.05) is 18.2 Å². The van der Waals surface area contributed by atoms with Crippen molar-refractivity contribution in [1.82, 2.24) is 10.3 Å². The first-order valence-corrected chi connectivity index (χ1v) is 8.87. The quantitative estimate of drug-likeness (QED) is 0.761. The van der Waals surface area contributed by atoms with Gasteiger partial charge in [0.1, 0.15) is 0 Å². The summed E-state index contributed by atoms with van der Waals surface area (Å²) in [5.41, 5.74) is 3.21. The molecular formula is C18H24N6O2. The standard InChI is InChI=1S/C18H24N6O2/c1-4-13-11-14(8-7-12(13)2)19-18-20-16-15(17(25)21-18)24(23-22-16)9-5-6-10-26-3/h7-8,11,15H,4-6,9-10H2,1-3H3,(H,19,21,25). The minimum absolute atomic E-state index is 0.201. The summed E-state index contributed by atoms with van der Waals surface area (Å²) in [5, 5.41) is 12.6. The lowest BCUT2D eigenvalue weighted by Crippen LogP contribution is -2.51. The molecule has 0 saturated carbocycles. The van der Waals surface area contributed by atoms with Crippen LogP contribution in [0.3, 0.4) is 0 Å². The van der Waals surface area contributed by atoms with Gasteiger partial charge in [-0.05, 0) is 49.4 Å². The van der Waals surface area contributed by atoms with Crippen LogP contribution >= 0.6 is 0 Å². The van der Waals surface area contributed by atoms with Crippen LogP contribution in [0.4, 0.5) is 5.69 Å². The Labute approximate surface area is 153 Å². The number of unbranched alkanes of at least 4 members (excludes halogenated alkanes) is 1. The summed E-state index contributed by atoms with van der Waals surface area (Å²) in [5.74, 6) is 0.447. The van der Waals surface area contributed by atoms with E-state index in [2.05, 4.69) is 39.5 Å². The lowest BCUT2D eigenvalue weighted by molar-refractivity contribution is -0.122. The van der Waals surface area contributed by atoms with E-state index in [1.807, 2.05) is 18.2 Å². The molecule has 0 aliphatic carbocycles. The van der Waals surface area contributed by atoms with Crippen molar-refractivity contribution < 1.29 is 9.53 Å². The van der Waals surface area contributed by atoms with E-state index in [0.29, 0.717) is 19.0 Å². The number of fused-ring (bicyclic) bond motifs is 1. The summed E-state index contributed by atoms with van der Waals surface area (Å²) in [7, 11) is 1.67. The number of nitrogens with one attached hydrogen (secondary N) is 1. The van der Waals surface area contributed by atoms with Crippen LogP contribution in [0, 0.1) is 6.92 Å². The molecule has 0 spiro atoms. The van der Waals surface area contributed by atoms with E-state index in [1.165, 1.54) is 11.1 Å². The Hall–Kier alpha value is -2.61. The number of ether oxygens (including phenoxy) is 1. The second-order valence-electron chi connectivity index (χ2n) is 6.31. The molecule has 0 fully saturated rings. The van der Waals surface area contributed by atoms with Crippen molar-refractivity contribution in [3.8, 4) is 0 Å². The number of aryl methyl sites for hydroxylation is 2. The number of rotatable bonds is 7. The Morgan fingerprint density at radius 1 is 1.35 bits per heavy atom. The van der Waals surface area contributed by atoms with Crippen molar-refractivity contribution in [1.29, 1.82) is 0 Å². The molecule has 2 aliphatic rings. The Bertz CT molecular complexity index is 771. The predicted octanol–water partition coefficient (Wildman–Crippen LogP) is 2.55. The number of nitrogens with zero attached hydrogens (tertiary/aromatic N) is 5. The minimum atomic E-state index is -0.569. The number of hydrogen-bond donors (Lipinski definition) is 1. The molecule has 0 saturated heterocycles. The summed E-state index contributed by atoms with van der Waals surface area (Å²) in [6.07, 6.45) is 2.71. The van der Waals surface area contributed by atoms with Crippen molar-refractivity contribution in [3.05, 3.63) is 29.3 Å². The number of hydrogen-bond acceptors (Lipinski definition) is 6. The lowest BCUT2D eigenvalue weighted by atomic mass is 10.1. The van der Waals surface area contributed by atoms with Crippen molar-refractivity contribution in [2.24, 2.45) is 20.3 Å². The highest BCUT2D eigenvalue weighted by atomic mass is 16.5. The van der Waals surface area contributed by atoms with E-state index in [4.69, 9.17) is 4.74 Å². The normalized spacial score (nSPS) is 20.3. The molecule has 26 heavy (non-hydrogen) atoms. The van der Waals surface area contributed by atoms with E-state index in [1.54, 1.807) is 12.1 Å². The van der Waals surface area contributed by atoms with E-state index in [9.17, 15) is 4.79 Å². The number of methoxy groups -OCH3 is 1. The maximum absolute atomic E-state index is 12.5. The van der Waals surface area contributed by atoms with E-state index in [0.717, 1.165) is 24.9 Å². The summed E-state index contributed by atoms with van der Waals surface area (Å²) >= 11 is 0. The Morgan fingerprint density at radius 3 is 2.96 bits per heavy atom. The second kappa shape index (κ2) is 8.18. The third kappa shape index (κ3) is 3.96. The van der Waals surface area contributed by atoms with Crippen molar-refractivity contribution >= 4 is 23.4 Å². The molecule has 1 atom stereocenters. The van der Waals surface area contributed by atoms with Crippen LogP contribution < -0.4 is 5.32 Å². The molecule has 8 nitrogen and oxygen atoms in total. The molecule has 1 amide bonds. The first-order valence-electron chi connectivity index (χ1n) is 8.87. The van der Waals surface area contributed by atoms with E-state index < -0.39 is 6.04 Å². The Kier molecular flexibility index (Phi) is 5.72. The summed E-state index contributed by atoms with van der Waals surface area (Å²) in [6, 6.07) is 5.38. The molecule has 8 heteroatoms. The van der Waals surface area contributed by atoms with Crippen molar-refractivity contribution in [2.75, 3.05) is 20.3 Å². The number of amidine groups is 1. The molecule has 138 valence electrons. The van der Waals surface area contributed by atoms with Gasteiger partial charge in [0.15, 0.2) is 11.9 Å². The van der Waals surface area contributed by atoms with Gasteiger partial charge < -0.3 is 4.74 Å². The summed E-state index contributed by atoms with van der Waals surface area (Å²) in [6.45, 7) is 5.50. The molecule has 0 bridgehead atoms. The van der Waals surface area contributed by atoms with Gasteiger partial charge in [0.25, 0.3) is 5.91 Å². The van der Waals surface area contributed by atoms with Gasteiger partial charge >= 0.3 is 0 Å². The highest BCUT2D eigenvalue weighted by Crippen LogP contribution is 2.21. The second-order valence-corrected chi connectivity index (χ2v) is 6.31. The maximum Gasteiger partial charge on any atom is 0.259 e. The number of guanidine groups is 1. The first kappa shape index (κ1) is 18.2. The fourth-order valence-corrected chi connectivity index (χ4v) is 2.97. The van der Waals surface area contributed by atoms with Gasteiger partial charge in [0.05, 0.1) is 5.69 Å².